The Morgan fingerprint density at radius 1 is 1.17 bits per heavy atom. The molecule has 0 radical (unpaired) electrons. The quantitative estimate of drug-likeness (QED) is 0.464. The van der Waals surface area contributed by atoms with E-state index in [1.807, 2.05) is 0 Å². The van der Waals surface area contributed by atoms with Crippen molar-refractivity contribution in [3.63, 3.8) is 0 Å². The average molecular weight is 313 g/mol. The molecule has 2 aromatic rings. The van der Waals surface area contributed by atoms with Crippen molar-refractivity contribution in [2.75, 3.05) is 4.90 Å². The maximum absolute atomic E-state index is 12.4. The Kier molecular flexibility index (Phi) is 5.14. The van der Waals surface area contributed by atoms with Crippen molar-refractivity contribution >= 4 is 23.1 Å². The lowest BCUT2D eigenvalue weighted by atomic mass is 10.2. The molecule has 0 unspecified atom stereocenters. The van der Waals surface area contributed by atoms with Gasteiger partial charge in [0.15, 0.2) is 0 Å². The third kappa shape index (κ3) is 3.76. The molecular formula is C16H15N3O4. The van der Waals surface area contributed by atoms with Crippen LogP contribution in [0.15, 0.2) is 48.7 Å². The van der Waals surface area contributed by atoms with E-state index in [0.717, 1.165) is 4.90 Å². The predicted molar refractivity (Wildman–Crippen MR) is 83.8 cm³/mol. The summed E-state index contributed by atoms with van der Waals surface area (Å²) in [6.45, 7) is 1.55. The molecule has 0 aliphatic carbocycles. The van der Waals surface area contributed by atoms with E-state index in [0.29, 0.717) is 5.69 Å². The Labute approximate surface area is 132 Å². The van der Waals surface area contributed by atoms with E-state index in [-0.39, 0.29) is 24.3 Å². The predicted octanol–water partition coefficient (Wildman–Crippen LogP) is 2.50. The number of hydrogen-bond acceptors (Lipinski definition) is 5. The highest BCUT2D eigenvalue weighted by Gasteiger charge is 2.27. The zero-order valence-corrected chi connectivity index (χ0v) is 12.5. The lowest BCUT2D eigenvalue weighted by Gasteiger charge is -2.21. The lowest BCUT2D eigenvalue weighted by molar-refractivity contribution is -0.384. The van der Waals surface area contributed by atoms with Crippen LogP contribution in [0.2, 0.25) is 0 Å². The number of amides is 1. The normalized spacial score (nSPS) is 10.1. The number of nitro benzene ring substituents is 1. The van der Waals surface area contributed by atoms with Crippen molar-refractivity contribution in [2.24, 2.45) is 0 Å². The molecule has 7 nitrogen and oxygen atoms in total. The Bertz CT molecular complexity index is 731. The highest BCUT2D eigenvalue weighted by atomic mass is 16.6. The van der Waals surface area contributed by atoms with Crippen molar-refractivity contribution in [3.05, 3.63) is 64.5 Å². The number of nitro groups is 1. The van der Waals surface area contributed by atoms with Crippen molar-refractivity contribution in [2.45, 2.75) is 19.9 Å². The first-order chi connectivity index (χ1) is 11.0. The van der Waals surface area contributed by atoms with Gasteiger partial charge in [0.25, 0.3) is 11.6 Å². The number of hydrogen-bond donors (Lipinski definition) is 0. The van der Waals surface area contributed by atoms with E-state index in [1.165, 1.54) is 18.2 Å². The van der Waals surface area contributed by atoms with Crippen LogP contribution in [-0.2, 0) is 16.1 Å². The highest BCUT2D eigenvalue weighted by Crippen LogP contribution is 2.29. The Morgan fingerprint density at radius 2 is 1.87 bits per heavy atom. The molecule has 0 atom stereocenters. The molecule has 23 heavy (non-hydrogen) atoms. The summed E-state index contributed by atoms with van der Waals surface area (Å²) < 4.78 is 0. The van der Waals surface area contributed by atoms with Gasteiger partial charge in [-0.05, 0) is 18.2 Å². The Morgan fingerprint density at radius 3 is 2.48 bits per heavy atom. The topological polar surface area (TPSA) is 93.4 Å². The first-order valence-electron chi connectivity index (χ1n) is 7.02. The molecule has 0 fully saturated rings. The molecular weight excluding hydrogens is 298 g/mol. The second-order valence-corrected chi connectivity index (χ2v) is 4.73. The van der Waals surface area contributed by atoms with Crippen LogP contribution in [0.3, 0.4) is 0 Å². The minimum absolute atomic E-state index is 0.0176. The summed E-state index contributed by atoms with van der Waals surface area (Å²) in [5.41, 5.74) is 0.374. The van der Waals surface area contributed by atoms with Gasteiger partial charge in [0, 0.05) is 18.7 Å². The zero-order chi connectivity index (χ0) is 16.8. The smallest absolute Gasteiger partial charge is 0.294 e. The van der Waals surface area contributed by atoms with Gasteiger partial charge in [0.2, 0.25) is 5.78 Å². The fourth-order valence-electron chi connectivity index (χ4n) is 2.07. The summed E-state index contributed by atoms with van der Waals surface area (Å²) in [5, 5.41) is 11.2. The van der Waals surface area contributed by atoms with Crippen LogP contribution in [0.25, 0.3) is 0 Å². The van der Waals surface area contributed by atoms with Crippen LogP contribution in [0.1, 0.15) is 19.0 Å². The number of carbonyl (C=O) groups excluding carboxylic acids is 2. The van der Waals surface area contributed by atoms with Gasteiger partial charge in [-0.15, -0.1) is 0 Å². The van der Waals surface area contributed by atoms with E-state index >= 15 is 0 Å². The molecule has 0 saturated heterocycles. The molecule has 0 aliphatic heterocycles. The Balaban J connectivity index is 2.47. The fraction of sp³-hybridized carbons (Fsp3) is 0.188. The maximum atomic E-state index is 12.4. The number of carbonyl (C=O) groups is 2. The van der Waals surface area contributed by atoms with E-state index in [2.05, 4.69) is 4.98 Å². The van der Waals surface area contributed by atoms with Crippen LogP contribution < -0.4 is 4.90 Å². The minimum atomic E-state index is -0.785. The van der Waals surface area contributed by atoms with Gasteiger partial charge in [0.1, 0.15) is 5.69 Å². The summed E-state index contributed by atoms with van der Waals surface area (Å²) >= 11 is 0. The second-order valence-electron chi connectivity index (χ2n) is 4.73. The van der Waals surface area contributed by atoms with Gasteiger partial charge >= 0.3 is 0 Å². The van der Waals surface area contributed by atoms with Crippen molar-refractivity contribution < 1.29 is 14.5 Å². The first kappa shape index (κ1) is 16.3. The third-order valence-electron chi connectivity index (χ3n) is 3.22. The number of pyridine rings is 1. The summed E-state index contributed by atoms with van der Waals surface area (Å²) in [4.78, 5) is 40.0. The summed E-state index contributed by atoms with van der Waals surface area (Å²) in [6, 6.07) is 11.0. The molecule has 1 heterocycles. The van der Waals surface area contributed by atoms with Crippen LogP contribution in [0.4, 0.5) is 11.4 Å². The van der Waals surface area contributed by atoms with Gasteiger partial charge in [-0.3, -0.25) is 29.6 Å². The van der Waals surface area contributed by atoms with Gasteiger partial charge in [-0.1, -0.05) is 25.1 Å². The largest absolute Gasteiger partial charge is 0.294 e. The number of benzene rings is 1. The molecule has 0 aliphatic rings. The molecule has 1 amide bonds. The fourth-order valence-corrected chi connectivity index (χ4v) is 2.07. The molecule has 2 rings (SSSR count). The molecule has 7 heteroatoms. The third-order valence-corrected chi connectivity index (χ3v) is 3.22. The van der Waals surface area contributed by atoms with Gasteiger partial charge in [-0.25, -0.2) is 0 Å². The van der Waals surface area contributed by atoms with Crippen LogP contribution in [-0.4, -0.2) is 21.6 Å². The van der Waals surface area contributed by atoms with Crippen LogP contribution in [0, 0.1) is 10.1 Å². The number of aromatic nitrogens is 1. The number of rotatable bonds is 6. The standard InChI is InChI=1S/C16H15N3O4/c1-2-15(20)16(21)18(11-12-7-5-6-10-17-12)13-8-3-4-9-14(13)19(22)23/h3-10H,2,11H2,1H3. The second kappa shape index (κ2) is 7.26. The molecule has 0 spiro atoms. The molecule has 1 aromatic carbocycles. The van der Waals surface area contributed by atoms with Crippen LogP contribution >= 0.6 is 0 Å². The van der Waals surface area contributed by atoms with E-state index < -0.39 is 16.6 Å². The molecule has 0 bridgehead atoms. The monoisotopic (exact) mass is 313 g/mol. The number of ketones is 1. The van der Waals surface area contributed by atoms with E-state index in [9.17, 15) is 19.7 Å². The van der Waals surface area contributed by atoms with Crippen molar-refractivity contribution in [3.8, 4) is 0 Å². The average Bonchev–Trinajstić information content (AvgIpc) is 2.59. The van der Waals surface area contributed by atoms with Crippen LogP contribution in [0.5, 0.6) is 0 Å². The van der Waals surface area contributed by atoms with Gasteiger partial charge in [-0.2, -0.15) is 0 Å². The summed E-state index contributed by atoms with van der Waals surface area (Å²) in [5.74, 6) is -1.40. The molecule has 118 valence electrons. The number of Topliss-reactive ketones (excluding diaryl/α,β-unsaturated/α-hetero) is 1. The number of nitrogens with zero attached hydrogens (tertiary/aromatic N) is 3. The van der Waals surface area contributed by atoms with E-state index in [4.69, 9.17) is 0 Å². The first-order valence-corrected chi connectivity index (χ1v) is 7.02. The summed E-state index contributed by atoms with van der Waals surface area (Å²) in [7, 11) is 0. The minimum Gasteiger partial charge on any atom is -0.294 e. The highest BCUT2D eigenvalue weighted by molar-refractivity contribution is 6.41. The maximum Gasteiger partial charge on any atom is 0.294 e. The molecule has 0 N–H and O–H groups in total. The Hall–Kier alpha value is -3.09. The number of para-hydroxylation sites is 2. The molecule has 0 saturated carbocycles. The SMILES string of the molecule is CCC(=O)C(=O)N(Cc1ccccn1)c1ccccc1[N+](=O)[O-]. The van der Waals surface area contributed by atoms with E-state index in [1.54, 1.807) is 37.4 Å². The van der Waals surface area contributed by atoms with Crippen molar-refractivity contribution in [1.29, 1.82) is 0 Å². The lowest BCUT2D eigenvalue weighted by Crippen LogP contribution is -2.36. The summed E-state index contributed by atoms with van der Waals surface area (Å²) in [6.07, 6.45) is 1.58. The molecule has 1 aromatic heterocycles. The van der Waals surface area contributed by atoms with Gasteiger partial charge in [0.05, 0.1) is 17.2 Å². The zero-order valence-electron chi connectivity index (χ0n) is 12.5. The number of anilines is 1. The van der Waals surface area contributed by atoms with Crippen molar-refractivity contribution in [1.82, 2.24) is 4.98 Å². The van der Waals surface area contributed by atoms with Gasteiger partial charge < -0.3 is 0 Å².